The number of nitrogens with zero attached hydrogens (tertiary/aromatic N) is 3. The molecule has 2 aromatic carbocycles. The van der Waals surface area contributed by atoms with E-state index < -0.39 is 0 Å². The molecule has 1 saturated heterocycles. The molecule has 4 aromatic rings. The molecule has 0 spiro atoms. The van der Waals surface area contributed by atoms with E-state index in [4.69, 9.17) is 14.2 Å². The summed E-state index contributed by atoms with van der Waals surface area (Å²) in [4.78, 5) is 12.9. The summed E-state index contributed by atoms with van der Waals surface area (Å²) in [7, 11) is 1.59. The van der Waals surface area contributed by atoms with Crippen LogP contribution in [0.2, 0.25) is 0 Å². The number of nitrogens with one attached hydrogen (secondary N) is 1. The van der Waals surface area contributed by atoms with E-state index >= 15 is 0 Å². The van der Waals surface area contributed by atoms with Gasteiger partial charge in [0, 0.05) is 18.1 Å². The Kier molecular flexibility index (Phi) is 4.84. The molecule has 1 atom stereocenters. The SMILES string of the molecule is COc1cc(O[C@@H](C)C2COC2)c2c(Nc3ccc4ncsc4c3F)ncnc2c1. The molecule has 3 heterocycles. The van der Waals surface area contributed by atoms with Crippen molar-refractivity contribution in [2.75, 3.05) is 25.6 Å². The molecule has 0 saturated carbocycles. The van der Waals surface area contributed by atoms with Crippen molar-refractivity contribution < 1.29 is 18.6 Å². The third kappa shape index (κ3) is 3.29. The molecule has 0 aliphatic carbocycles. The van der Waals surface area contributed by atoms with Gasteiger partial charge < -0.3 is 19.5 Å². The maximum atomic E-state index is 15.0. The number of rotatable bonds is 6. The largest absolute Gasteiger partial charge is 0.497 e. The smallest absolute Gasteiger partial charge is 0.166 e. The zero-order chi connectivity index (χ0) is 20.7. The van der Waals surface area contributed by atoms with Gasteiger partial charge in [0.05, 0.1) is 52.6 Å². The van der Waals surface area contributed by atoms with Gasteiger partial charge in [-0.3, -0.25) is 0 Å². The number of ether oxygens (including phenoxy) is 3. The van der Waals surface area contributed by atoms with Crippen LogP contribution in [0.4, 0.5) is 15.9 Å². The first-order valence-electron chi connectivity index (χ1n) is 9.50. The Bertz CT molecular complexity index is 1230. The van der Waals surface area contributed by atoms with Crippen molar-refractivity contribution in [3.05, 3.63) is 41.9 Å². The van der Waals surface area contributed by atoms with Crippen LogP contribution in [0.15, 0.2) is 36.1 Å². The second-order valence-electron chi connectivity index (χ2n) is 7.12. The number of aromatic nitrogens is 3. The first-order chi connectivity index (χ1) is 14.6. The van der Waals surface area contributed by atoms with E-state index in [1.54, 1.807) is 36.9 Å². The minimum Gasteiger partial charge on any atom is -0.497 e. The second kappa shape index (κ2) is 7.66. The highest BCUT2D eigenvalue weighted by molar-refractivity contribution is 7.16. The summed E-state index contributed by atoms with van der Waals surface area (Å²) in [5.74, 6) is 1.61. The molecular weight excluding hydrogens is 407 g/mol. The zero-order valence-corrected chi connectivity index (χ0v) is 17.2. The Morgan fingerprint density at radius 2 is 2.07 bits per heavy atom. The summed E-state index contributed by atoms with van der Waals surface area (Å²) < 4.78 is 32.4. The molecule has 154 valence electrons. The molecule has 0 amide bonds. The second-order valence-corrected chi connectivity index (χ2v) is 7.97. The first kappa shape index (κ1) is 19.0. The van der Waals surface area contributed by atoms with Crippen molar-refractivity contribution in [1.82, 2.24) is 15.0 Å². The summed E-state index contributed by atoms with van der Waals surface area (Å²) in [6.07, 6.45) is 1.37. The lowest BCUT2D eigenvalue weighted by atomic mass is 10.0. The predicted molar refractivity (Wildman–Crippen MR) is 113 cm³/mol. The molecule has 30 heavy (non-hydrogen) atoms. The van der Waals surface area contributed by atoms with Gasteiger partial charge in [-0.15, -0.1) is 11.3 Å². The van der Waals surface area contributed by atoms with Gasteiger partial charge in [-0.2, -0.15) is 0 Å². The Morgan fingerprint density at radius 3 is 2.83 bits per heavy atom. The quantitative estimate of drug-likeness (QED) is 0.485. The maximum absolute atomic E-state index is 15.0. The molecule has 0 radical (unpaired) electrons. The van der Waals surface area contributed by atoms with Gasteiger partial charge in [0.2, 0.25) is 0 Å². The van der Waals surface area contributed by atoms with Crippen LogP contribution < -0.4 is 14.8 Å². The van der Waals surface area contributed by atoms with E-state index in [-0.39, 0.29) is 11.9 Å². The Labute approximate surface area is 175 Å². The number of hydrogen-bond donors (Lipinski definition) is 1. The number of hydrogen-bond acceptors (Lipinski definition) is 8. The molecule has 1 N–H and O–H groups in total. The van der Waals surface area contributed by atoms with Crippen molar-refractivity contribution in [2.45, 2.75) is 13.0 Å². The molecule has 1 aliphatic heterocycles. The highest BCUT2D eigenvalue weighted by atomic mass is 32.1. The van der Waals surface area contributed by atoms with Gasteiger partial charge in [-0.25, -0.2) is 19.3 Å². The molecule has 2 aromatic heterocycles. The van der Waals surface area contributed by atoms with Crippen LogP contribution >= 0.6 is 11.3 Å². The fourth-order valence-electron chi connectivity index (χ4n) is 3.38. The number of benzene rings is 2. The molecule has 7 nitrogen and oxygen atoms in total. The van der Waals surface area contributed by atoms with Crippen LogP contribution in [0.1, 0.15) is 6.92 Å². The summed E-state index contributed by atoms with van der Waals surface area (Å²) >= 11 is 1.26. The highest BCUT2D eigenvalue weighted by Gasteiger charge is 2.27. The number of anilines is 2. The van der Waals surface area contributed by atoms with Crippen molar-refractivity contribution in [3.8, 4) is 11.5 Å². The average molecular weight is 426 g/mol. The van der Waals surface area contributed by atoms with Crippen molar-refractivity contribution >= 4 is 44.0 Å². The highest BCUT2D eigenvalue weighted by Crippen LogP contribution is 2.38. The minimum absolute atomic E-state index is 0.0626. The topological polar surface area (TPSA) is 78.4 Å². The van der Waals surface area contributed by atoms with Crippen LogP contribution in [0.25, 0.3) is 21.1 Å². The van der Waals surface area contributed by atoms with E-state index in [1.165, 1.54) is 17.7 Å². The fourth-order valence-corrected chi connectivity index (χ4v) is 4.10. The summed E-state index contributed by atoms with van der Waals surface area (Å²) in [6, 6.07) is 7.04. The van der Waals surface area contributed by atoms with Gasteiger partial charge in [-0.1, -0.05) is 0 Å². The summed E-state index contributed by atoms with van der Waals surface area (Å²) in [5.41, 5.74) is 3.20. The Balaban J connectivity index is 1.59. The van der Waals surface area contributed by atoms with Gasteiger partial charge in [-0.05, 0) is 19.1 Å². The number of halogens is 1. The summed E-state index contributed by atoms with van der Waals surface area (Å²) in [5, 5.41) is 3.77. The molecule has 1 aliphatic rings. The van der Waals surface area contributed by atoms with Crippen molar-refractivity contribution in [1.29, 1.82) is 0 Å². The van der Waals surface area contributed by atoms with E-state index in [1.807, 2.05) is 6.92 Å². The number of fused-ring (bicyclic) bond motifs is 2. The number of thiazole rings is 1. The Morgan fingerprint density at radius 1 is 1.20 bits per heavy atom. The van der Waals surface area contributed by atoms with Crippen LogP contribution in [0.3, 0.4) is 0 Å². The lowest BCUT2D eigenvalue weighted by Crippen LogP contribution is -2.39. The molecule has 9 heteroatoms. The van der Waals surface area contributed by atoms with E-state index in [9.17, 15) is 4.39 Å². The molecule has 1 fully saturated rings. The predicted octanol–water partition coefficient (Wildman–Crippen LogP) is 4.54. The third-order valence-corrected chi connectivity index (χ3v) is 6.08. The van der Waals surface area contributed by atoms with Crippen molar-refractivity contribution in [2.24, 2.45) is 5.92 Å². The average Bonchev–Trinajstić information content (AvgIpc) is 3.18. The first-order valence-corrected chi connectivity index (χ1v) is 10.4. The lowest BCUT2D eigenvalue weighted by Gasteiger charge is -2.32. The van der Waals surface area contributed by atoms with Gasteiger partial charge >= 0.3 is 0 Å². The van der Waals surface area contributed by atoms with Gasteiger partial charge in [0.1, 0.15) is 29.7 Å². The van der Waals surface area contributed by atoms with Crippen LogP contribution in [0.5, 0.6) is 11.5 Å². The van der Waals surface area contributed by atoms with E-state index in [0.717, 1.165) is 0 Å². The standard InChI is InChI=1S/C21H19FN4O3S/c1-11(12-7-28-8-12)29-17-6-13(27-2)5-16-18(17)21(24-9-23-16)26-14-3-4-15-20(19(14)22)30-10-25-15/h3-6,9-12H,7-8H2,1-2H3,(H,23,24,26)/t11-/m0/s1. The van der Waals surface area contributed by atoms with E-state index in [2.05, 4.69) is 20.3 Å². The van der Waals surface area contributed by atoms with Crippen molar-refractivity contribution in [3.63, 3.8) is 0 Å². The maximum Gasteiger partial charge on any atom is 0.166 e. The molecule has 0 unspecified atom stereocenters. The normalized spacial score (nSPS) is 15.2. The summed E-state index contributed by atoms with van der Waals surface area (Å²) in [6.45, 7) is 3.35. The minimum atomic E-state index is -0.363. The van der Waals surface area contributed by atoms with Gasteiger partial charge in [0.15, 0.2) is 5.82 Å². The molecular formula is C21H19FN4O3S. The Hall–Kier alpha value is -3.04. The van der Waals surface area contributed by atoms with Crippen LogP contribution in [0, 0.1) is 11.7 Å². The number of methoxy groups -OCH3 is 1. The van der Waals surface area contributed by atoms with E-state index in [0.29, 0.717) is 63.3 Å². The molecule has 5 rings (SSSR count). The van der Waals surface area contributed by atoms with Gasteiger partial charge in [0.25, 0.3) is 0 Å². The van der Waals surface area contributed by atoms with Crippen LogP contribution in [-0.4, -0.2) is 41.4 Å². The fraction of sp³-hybridized carbons (Fsp3) is 0.286. The lowest BCUT2D eigenvalue weighted by molar-refractivity contribution is -0.0774. The third-order valence-electron chi connectivity index (χ3n) is 5.24. The molecule has 0 bridgehead atoms. The zero-order valence-electron chi connectivity index (χ0n) is 16.4. The monoisotopic (exact) mass is 426 g/mol. The van der Waals surface area contributed by atoms with Crippen LogP contribution in [-0.2, 0) is 4.74 Å².